The average molecular weight is 216 g/mol. The number of benzene rings is 1. The number of hydrogen-bond donors (Lipinski definition) is 1. The molecule has 0 saturated carbocycles. The second-order valence-corrected chi connectivity index (χ2v) is 2.96. The van der Waals surface area contributed by atoms with Gasteiger partial charge in [0.15, 0.2) is 0 Å². The molecule has 15 heavy (non-hydrogen) atoms. The number of aliphatic hydroxyl groups is 1. The standard InChI is InChI=1S/C10H10F2O3/c1-15-10(14)5-9(13)7-3-2-6(11)4-8(7)12/h2-4,9,13H,5H2,1H3/t9-/m1/s1. The van der Waals surface area contributed by atoms with Gasteiger partial charge in [-0.05, 0) is 6.07 Å². The zero-order valence-electron chi connectivity index (χ0n) is 8.04. The molecule has 1 aromatic carbocycles. The fraction of sp³-hybridized carbons (Fsp3) is 0.300. The van der Waals surface area contributed by atoms with Gasteiger partial charge in [-0.2, -0.15) is 0 Å². The maximum atomic E-state index is 13.1. The van der Waals surface area contributed by atoms with E-state index in [0.29, 0.717) is 6.07 Å². The van der Waals surface area contributed by atoms with Crippen LogP contribution >= 0.6 is 0 Å². The van der Waals surface area contributed by atoms with Gasteiger partial charge in [-0.1, -0.05) is 6.07 Å². The molecule has 1 N–H and O–H groups in total. The van der Waals surface area contributed by atoms with Gasteiger partial charge in [0.2, 0.25) is 0 Å². The van der Waals surface area contributed by atoms with Gasteiger partial charge < -0.3 is 9.84 Å². The van der Waals surface area contributed by atoms with E-state index in [1.54, 1.807) is 0 Å². The van der Waals surface area contributed by atoms with Crippen molar-refractivity contribution in [2.24, 2.45) is 0 Å². The molecule has 0 aliphatic heterocycles. The lowest BCUT2D eigenvalue weighted by Gasteiger charge is -2.10. The quantitative estimate of drug-likeness (QED) is 0.780. The predicted molar refractivity (Wildman–Crippen MR) is 48.0 cm³/mol. The number of ether oxygens (including phenoxy) is 1. The van der Waals surface area contributed by atoms with Crippen LogP contribution in [0.25, 0.3) is 0 Å². The van der Waals surface area contributed by atoms with Crippen LogP contribution in [0.4, 0.5) is 8.78 Å². The smallest absolute Gasteiger partial charge is 0.308 e. The third-order valence-corrected chi connectivity index (χ3v) is 1.91. The van der Waals surface area contributed by atoms with Gasteiger partial charge in [0.25, 0.3) is 0 Å². The van der Waals surface area contributed by atoms with Gasteiger partial charge in [-0.3, -0.25) is 4.79 Å². The Bertz CT molecular complexity index is 366. The SMILES string of the molecule is COC(=O)C[C@@H](O)c1ccc(F)cc1F. The Balaban J connectivity index is 2.82. The lowest BCUT2D eigenvalue weighted by Crippen LogP contribution is -2.09. The van der Waals surface area contributed by atoms with E-state index < -0.39 is 23.7 Å². The van der Waals surface area contributed by atoms with Crippen molar-refractivity contribution in [3.63, 3.8) is 0 Å². The highest BCUT2D eigenvalue weighted by Gasteiger charge is 2.17. The van der Waals surface area contributed by atoms with E-state index >= 15 is 0 Å². The number of rotatable bonds is 3. The molecule has 0 aromatic heterocycles. The summed E-state index contributed by atoms with van der Waals surface area (Å²) in [6.07, 6.45) is -1.68. The van der Waals surface area contributed by atoms with Crippen molar-refractivity contribution in [3.8, 4) is 0 Å². The van der Waals surface area contributed by atoms with Crippen molar-refractivity contribution in [1.82, 2.24) is 0 Å². The van der Waals surface area contributed by atoms with Gasteiger partial charge >= 0.3 is 5.97 Å². The van der Waals surface area contributed by atoms with Crippen molar-refractivity contribution in [3.05, 3.63) is 35.4 Å². The van der Waals surface area contributed by atoms with Crippen LogP contribution in [0.5, 0.6) is 0 Å². The van der Waals surface area contributed by atoms with Gasteiger partial charge in [0, 0.05) is 11.6 Å². The summed E-state index contributed by atoms with van der Waals surface area (Å²) in [5.74, 6) is -2.28. The molecule has 0 fully saturated rings. The van der Waals surface area contributed by atoms with E-state index in [9.17, 15) is 18.7 Å². The predicted octanol–water partition coefficient (Wildman–Crippen LogP) is 1.56. The molecule has 1 atom stereocenters. The second kappa shape index (κ2) is 4.84. The van der Waals surface area contributed by atoms with Crippen molar-refractivity contribution in [1.29, 1.82) is 0 Å². The summed E-state index contributed by atoms with van der Waals surface area (Å²) >= 11 is 0. The summed E-state index contributed by atoms with van der Waals surface area (Å²) in [6.45, 7) is 0. The number of methoxy groups -OCH3 is 1. The lowest BCUT2D eigenvalue weighted by atomic mass is 10.1. The fourth-order valence-corrected chi connectivity index (χ4v) is 1.12. The third-order valence-electron chi connectivity index (χ3n) is 1.91. The number of carbonyl (C=O) groups is 1. The van der Waals surface area contributed by atoms with Crippen LogP contribution in [-0.4, -0.2) is 18.2 Å². The monoisotopic (exact) mass is 216 g/mol. The molecule has 0 bridgehead atoms. The lowest BCUT2D eigenvalue weighted by molar-refractivity contribution is -0.142. The molecule has 1 rings (SSSR count). The average Bonchev–Trinajstić information content (AvgIpc) is 2.17. The maximum absolute atomic E-state index is 13.1. The van der Waals surface area contributed by atoms with Gasteiger partial charge in [0.05, 0.1) is 19.6 Å². The van der Waals surface area contributed by atoms with Gasteiger partial charge in [0.1, 0.15) is 11.6 Å². The molecule has 0 aliphatic carbocycles. The van der Waals surface area contributed by atoms with Crippen LogP contribution in [0.2, 0.25) is 0 Å². The van der Waals surface area contributed by atoms with Crippen molar-refractivity contribution in [2.75, 3.05) is 7.11 Å². The highest BCUT2D eigenvalue weighted by atomic mass is 19.1. The summed E-state index contributed by atoms with van der Waals surface area (Å²) in [7, 11) is 1.16. The molecular weight excluding hydrogens is 206 g/mol. The minimum atomic E-state index is -1.32. The molecule has 0 amide bonds. The van der Waals surface area contributed by atoms with Crippen LogP contribution in [0.15, 0.2) is 18.2 Å². The topological polar surface area (TPSA) is 46.5 Å². The highest BCUT2D eigenvalue weighted by Crippen LogP contribution is 2.20. The first-order valence-electron chi connectivity index (χ1n) is 4.24. The number of carbonyl (C=O) groups excluding carboxylic acids is 1. The molecule has 0 saturated heterocycles. The summed E-state index contributed by atoms with van der Waals surface area (Å²) in [6, 6.07) is 2.76. The van der Waals surface area contributed by atoms with E-state index in [-0.39, 0.29) is 12.0 Å². The zero-order valence-corrected chi connectivity index (χ0v) is 8.04. The number of esters is 1. The van der Waals surface area contributed by atoms with Crippen LogP contribution in [0.1, 0.15) is 18.1 Å². The third kappa shape index (κ3) is 2.99. The van der Waals surface area contributed by atoms with Crippen molar-refractivity contribution < 1.29 is 23.4 Å². The van der Waals surface area contributed by atoms with Crippen molar-refractivity contribution in [2.45, 2.75) is 12.5 Å². The largest absolute Gasteiger partial charge is 0.469 e. The van der Waals surface area contributed by atoms with E-state index in [0.717, 1.165) is 19.2 Å². The minimum absolute atomic E-state index is 0.123. The van der Waals surface area contributed by atoms with Gasteiger partial charge in [-0.15, -0.1) is 0 Å². The molecule has 0 heterocycles. The Hall–Kier alpha value is -1.49. The first-order chi connectivity index (χ1) is 7.04. The summed E-state index contributed by atoms with van der Waals surface area (Å²) in [5, 5.41) is 9.43. The molecule has 0 radical (unpaired) electrons. The molecule has 0 aliphatic rings. The molecule has 5 heteroatoms. The van der Waals surface area contributed by atoms with Crippen LogP contribution in [0.3, 0.4) is 0 Å². The normalized spacial score (nSPS) is 12.3. The fourth-order valence-electron chi connectivity index (χ4n) is 1.12. The first-order valence-corrected chi connectivity index (χ1v) is 4.24. The number of halogens is 2. The Morgan fingerprint density at radius 2 is 2.20 bits per heavy atom. The summed E-state index contributed by atoms with van der Waals surface area (Å²) in [5.41, 5.74) is -0.123. The molecule has 0 unspecified atom stereocenters. The zero-order chi connectivity index (χ0) is 11.4. The van der Waals surface area contributed by atoms with Gasteiger partial charge in [-0.25, -0.2) is 8.78 Å². The Morgan fingerprint density at radius 1 is 1.53 bits per heavy atom. The summed E-state index contributed by atoms with van der Waals surface area (Å²) < 4.78 is 29.9. The van der Waals surface area contributed by atoms with E-state index in [1.807, 2.05) is 0 Å². The van der Waals surface area contributed by atoms with E-state index in [4.69, 9.17) is 0 Å². The molecule has 82 valence electrons. The molecule has 3 nitrogen and oxygen atoms in total. The highest BCUT2D eigenvalue weighted by molar-refractivity contribution is 5.70. The van der Waals surface area contributed by atoms with Crippen LogP contribution in [-0.2, 0) is 9.53 Å². The first kappa shape index (κ1) is 11.6. The van der Waals surface area contributed by atoms with Crippen molar-refractivity contribution >= 4 is 5.97 Å². The Morgan fingerprint density at radius 3 is 2.73 bits per heavy atom. The van der Waals surface area contributed by atoms with E-state index in [1.165, 1.54) is 0 Å². The molecule has 1 aromatic rings. The van der Waals surface area contributed by atoms with Crippen LogP contribution < -0.4 is 0 Å². The van der Waals surface area contributed by atoms with E-state index in [2.05, 4.69) is 4.74 Å². The number of aliphatic hydroxyl groups excluding tert-OH is 1. The molecule has 0 spiro atoms. The Kier molecular flexibility index (Phi) is 3.74. The minimum Gasteiger partial charge on any atom is -0.469 e. The Labute approximate surface area is 85.3 Å². The molecular formula is C10H10F2O3. The second-order valence-electron chi connectivity index (χ2n) is 2.96. The maximum Gasteiger partial charge on any atom is 0.308 e. The number of hydrogen-bond acceptors (Lipinski definition) is 3. The van der Waals surface area contributed by atoms with Crippen LogP contribution in [0, 0.1) is 11.6 Å². The summed E-state index contributed by atoms with van der Waals surface area (Å²) in [4.78, 5) is 10.8.